The number of aliphatic carboxylic acids is 1. The van der Waals surface area contributed by atoms with Crippen LogP contribution in [0.15, 0.2) is 59.8 Å². The number of sulfonamides is 1. The van der Waals surface area contributed by atoms with Crippen LogP contribution >= 0.6 is 0 Å². The zero-order valence-electron chi connectivity index (χ0n) is 72.4. The lowest BCUT2D eigenvalue weighted by molar-refractivity contribution is -0.140. The summed E-state index contributed by atoms with van der Waals surface area (Å²) in [6.07, 6.45) is 3.77. The van der Waals surface area contributed by atoms with Crippen LogP contribution in [0.4, 0.5) is 14.4 Å². The van der Waals surface area contributed by atoms with E-state index in [0.29, 0.717) is 104 Å². The number of aromatic carboxylic acids is 1. The number of hydrogen-bond donors (Lipinski definition) is 3. The van der Waals surface area contributed by atoms with Gasteiger partial charge in [-0.25, -0.2) is 42.2 Å². The molecular formula is C82H145N11O16S. The molecule has 0 saturated carbocycles. The van der Waals surface area contributed by atoms with E-state index in [4.69, 9.17) is 19.7 Å². The number of aromatic nitrogens is 2. The summed E-state index contributed by atoms with van der Waals surface area (Å²) in [6.45, 7) is 59.8. The van der Waals surface area contributed by atoms with E-state index in [-0.39, 0.29) is 78.0 Å². The number of aryl methyl sites for hydroxylation is 2. The molecule has 5 amide bonds. The third-order valence-electron chi connectivity index (χ3n) is 17.4. The predicted molar refractivity (Wildman–Crippen MR) is 435 cm³/mol. The summed E-state index contributed by atoms with van der Waals surface area (Å²) in [5.41, 5.74) is 2.28. The summed E-state index contributed by atoms with van der Waals surface area (Å²) in [7, 11) is 1.61. The van der Waals surface area contributed by atoms with E-state index >= 15 is 0 Å². The minimum Gasteiger partial charge on any atom is -0.479 e. The highest BCUT2D eigenvalue weighted by Gasteiger charge is 2.32. The van der Waals surface area contributed by atoms with Gasteiger partial charge < -0.3 is 63.5 Å². The van der Waals surface area contributed by atoms with Crippen molar-refractivity contribution >= 4 is 58.0 Å². The van der Waals surface area contributed by atoms with Gasteiger partial charge in [0.15, 0.2) is 11.6 Å². The molecule has 2 saturated heterocycles. The standard InChI is InChI=1S/C17H25NO4.C16H23NO4.C14H29N3O.C13H26N2O.C12H23N3O2S.C10H19NO4/c1-12(2)10-18(13(3)4)17(20)22-11-14-6-8-15(9-7-14)16(19)21-5;1-11(2)9-17(12(3)4)16(20)21-10-13-5-7-14(8-6-13)15(18)19;1-11(2)8-17(12(3)4)10-14(18)16-7-6-13(9-16)15-5;1-11(2)9-15(12(3)4)10-13(16)14-7-5-6-8-14;1-9(2)7-15(10(3)4)18(16,17)12-8-14(6)11(5)13-12;1-7(2)5-11(8(3)4)10(14)15-6-9(12)13/h6-9,12-13H,10-11H2,1-5H3;5-8,11-12H,9-10H2,1-4H3,(H,18,19);11-13,15H,6-10H2,1-5H3;11-12H,5-10H2,1-4H3;8-10H,7H2,1-6H3;7-8H,5-6H2,1-4H3,(H,12,13). The molecule has 3 N–H and O–H groups in total. The third kappa shape index (κ3) is 41.2. The topological polar surface area (TPSA) is 304 Å². The number of carbonyl (C=O) groups excluding carboxylic acids is 6. The molecule has 27 nitrogen and oxygen atoms in total. The first-order valence-corrected chi connectivity index (χ1v) is 40.8. The molecule has 2 aliphatic rings. The number of esters is 1. The molecule has 2 fully saturated rings. The predicted octanol–water partition coefficient (Wildman–Crippen LogP) is 13.4. The minimum absolute atomic E-state index is 0.00805. The number of ether oxygens (including phenoxy) is 4. The Kier molecular flexibility index (Phi) is 49.2. The van der Waals surface area contributed by atoms with Crippen molar-refractivity contribution in [3.05, 3.63) is 82.8 Å². The van der Waals surface area contributed by atoms with Gasteiger partial charge >= 0.3 is 36.2 Å². The summed E-state index contributed by atoms with van der Waals surface area (Å²) < 4.78 is 48.2. The molecule has 0 bridgehead atoms. The number of carboxylic acid groups (broad SMARTS) is 2. The molecule has 1 aromatic heterocycles. The second kappa shape index (κ2) is 52.8. The molecule has 0 spiro atoms. The number of imidazole rings is 1. The normalized spacial score (nSPS) is 13.5. The molecule has 3 heterocycles. The van der Waals surface area contributed by atoms with Crippen molar-refractivity contribution in [1.82, 2.24) is 53.5 Å². The van der Waals surface area contributed by atoms with Gasteiger partial charge in [-0.15, -0.1) is 0 Å². The summed E-state index contributed by atoms with van der Waals surface area (Å²) in [6, 6.07) is 14.6. The number of methoxy groups -OCH3 is 1. The van der Waals surface area contributed by atoms with Crippen molar-refractivity contribution in [2.45, 2.75) is 253 Å². The van der Waals surface area contributed by atoms with Crippen LogP contribution in [0.25, 0.3) is 0 Å². The Morgan fingerprint density at radius 3 is 1.18 bits per heavy atom. The van der Waals surface area contributed by atoms with Crippen molar-refractivity contribution in [3.63, 3.8) is 0 Å². The Labute approximate surface area is 661 Å². The van der Waals surface area contributed by atoms with Crippen LogP contribution in [0.5, 0.6) is 0 Å². The smallest absolute Gasteiger partial charge is 0.410 e. The molecule has 3 aromatic rings. The van der Waals surface area contributed by atoms with Crippen LogP contribution in [-0.2, 0) is 63.6 Å². The Morgan fingerprint density at radius 2 is 0.882 bits per heavy atom. The highest BCUT2D eigenvalue weighted by atomic mass is 32.2. The number of hydrogen-bond acceptors (Lipinski definition) is 18. The Balaban J connectivity index is 0.00000130. The highest BCUT2D eigenvalue weighted by molar-refractivity contribution is 7.89. The average molecular weight is 1570 g/mol. The fourth-order valence-electron chi connectivity index (χ4n) is 11.2. The molecular weight excluding hydrogens is 1430 g/mol. The molecule has 0 radical (unpaired) electrons. The molecule has 0 aliphatic carbocycles. The lowest BCUT2D eigenvalue weighted by atomic mass is 10.1. The Morgan fingerprint density at radius 1 is 0.509 bits per heavy atom. The number of rotatable bonds is 33. The van der Waals surface area contributed by atoms with Gasteiger partial charge in [-0.2, -0.15) is 4.31 Å². The number of carbonyl (C=O) groups is 8. The van der Waals surface area contributed by atoms with Gasteiger partial charge in [-0.3, -0.25) is 19.4 Å². The van der Waals surface area contributed by atoms with Crippen LogP contribution < -0.4 is 5.32 Å². The Hall–Kier alpha value is -7.40. The van der Waals surface area contributed by atoms with E-state index in [1.54, 1.807) is 70.9 Å². The maximum Gasteiger partial charge on any atom is 0.410 e. The average Bonchev–Trinajstić information content (AvgIpc) is 1.58. The number of carboxylic acids is 2. The summed E-state index contributed by atoms with van der Waals surface area (Å²) in [4.78, 5) is 110. The Bertz CT molecular complexity index is 3260. The molecule has 630 valence electrons. The van der Waals surface area contributed by atoms with Gasteiger partial charge in [-0.1, -0.05) is 107 Å². The van der Waals surface area contributed by atoms with Crippen molar-refractivity contribution in [3.8, 4) is 0 Å². The lowest BCUT2D eigenvalue weighted by Gasteiger charge is -2.29. The van der Waals surface area contributed by atoms with E-state index in [0.717, 1.165) is 56.8 Å². The highest BCUT2D eigenvalue weighted by Crippen LogP contribution is 2.21. The van der Waals surface area contributed by atoms with Crippen molar-refractivity contribution in [2.24, 2.45) is 42.6 Å². The van der Waals surface area contributed by atoms with Gasteiger partial charge in [0.1, 0.15) is 19.0 Å². The summed E-state index contributed by atoms with van der Waals surface area (Å²) >= 11 is 0. The van der Waals surface area contributed by atoms with Crippen LogP contribution in [-0.4, -0.2) is 256 Å². The number of nitrogens with zero attached hydrogens (tertiary/aromatic N) is 10. The second-order valence-electron chi connectivity index (χ2n) is 32.5. The number of likely N-dealkylation sites (N-methyl/N-ethyl adjacent to an activating group) is 1. The number of benzene rings is 2. The number of likely N-dealkylation sites (tertiary alicyclic amines) is 2. The summed E-state index contributed by atoms with van der Waals surface area (Å²) in [5, 5.41) is 20.6. The van der Waals surface area contributed by atoms with Crippen LogP contribution in [0, 0.1) is 42.4 Å². The fourth-order valence-corrected chi connectivity index (χ4v) is 13.1. The summed E-state index contributed by atoms with van der Waals surface area (Å²) in [5.74, 6) is 1.37. The molecule has 2 aromatic carbocycles. The van der Waals surface area contributed by atoms with Gasteiger partial charge in [0.25, 0.3) is 10.0 Å². The van der Waals surface area contributed by atoms with E-state index in [2.05, 4.69) is 98.8 Å². The van der Waals surface area contributed by atoms with E-state index in [1.165, 1.54) is 41.3 Å². The molecule has 2 aliphatic heterocycles. The largest absolute Gasteiger partial charge is 0.479 e. The maximum absolute atomic E-state index is 12.5. The molecule has 110 heavy (non-hydrogen) atoms. The van der Waals surface area contributed by atoms with Gasteiger partial charge in [0, 0.05) is 121 Å². The van der Waals surface area contributed by atoms with Crippen molar-refractivity contribution in [2.75, 3.05) is 99.3 Å². The molecule has 1 unspecified atom stereocenters. The van der Waals surface area contributed by atoms with Crippen molar-refractivity contribution in [1.29, 1.82) is 0 Å². The minimum atomic E-state index is -3.50. The molecule has 28 heteroatoms. The SMILES string of the molecule is CC(C)CN(C(=O)OCC(=O)O)C(C)C.CC(C)CN(C(=O)OCc1ccc(C(=O)O)cc1)C(C)C.CC(C)CN(CC(=O)N1CCCC1)C(C)C.CNC1CCN(C(=O)CN(CC(C)C)C(C)C)C1.COC(=O)c1ccc(COC(=O)N(CC(C)C)C(C)C)cc1.Cc1nc(S(=O)(=O)N(CC(C)C)C(C)C)cn1C. The van der Waals surface area contributed by atoms with E-state index in [1.807, 2.05) is 114 Å². The fraction of sp³-hybridized carbons (Fsp3) is 0.720. The van der Waals surface area contributed by atoms with Crippen LogP contribution in [0.3, 0.4) is 0 Å². The number of nitrogens with one attached hydrogen (secondary N) is 1. The van der Waals surface area contributed by atoms with Gasteiger partial charge in [0.05, 0.1) is 31.3 Å². The van der Waals surface area contributed by atoms with Crippen LogP contribution in [0.2, 0.25) is 0 Å². The number of amides is 5. The first-order chi connectivity index (χ1) is 51.1. The first-order valence-electron chi connectivity index (χ1n) is 39.3. The lowest BCUT2D eigenvalue weighted by Crippen LogP contribution is -2.44. The van der Waals surface area contributed by atoms with E-state index < -0.39 is 34.7 Å². The third-order valence-corrected chi connectivity index (χ3v) is 19.3. The second-order valence-corrected chi connectivity index (χ2v) is 34.3. The first kappa shape index (κ1) is 103. The van der Waals surface area contributed by atoms with Gasteiger partial charge in [-0.05, 0) is 187 Å². The van der Waals surface area contributed by atoms with Gasteiger partial charge in [0.2, 0.25) is 11.8 Å². The zero-order valence-corrected chi connectivity index (χ0v) is 73.2. The molecule has 5 rings (SSSR count). The van der Waals surface area contributed by atoms with E-state index in [9.17, 15) is 46.8 Å². The quantitative estimate of drug-likeness (QED) is 0.0377. The monoisotopic (exact) mass is 1570 g/mol. The van der Waals surface area contributed by atoms with Crippen molar-refractivity contribution < 1.29 is 75.9 Å². The zero-order chi connectivity index (χ0) is 84.6. The van der Waals surface area contributed by atoms with Crippen LogP contribution in [0.1, 0.15) is 223 Å². The maximum atomic E-state index is 12.5. The molecule has 1 atom stereocenters.